The van der Waals surface area contributed by atoms with Gasteiger partial charge in [-0.2, -0.15) is 5.26 Å². The Kier molecular flexibility index (Phi) is 8.51. The van der Waals surface area contributed by atoms with E-state index in [2.05, 4.69) is 10.6 Å². The number of sulfonamides is 1. The van der Waals surface area contributed by atoms with Gasteiger partial charge in [0.1, 0.15) is 11.6 Å². The summed E-state index contributed by atoms with van der Waals surface area (Å²) in [5.41, 5.74) is -0.691. The summed E-state index contributed by atoms with van der Waals surface area (Å²) in [6, 6.07) is 8.33. The fourth-order valence-electron chi connectivity index (χ4n) is 6.14. The molecule has 3 saturated carbocycles. The molecule has 1 heterocycles. The maximum absolute atomic E-state index is 13.9. The Labute approximate surface area is 251 Å². The van der Waals surface area contributed by atoms with Gasteiger partial charge in [0.05, 0.1) is 28.7 Å². The van der Waals surface area contributed by atoms with Crippen LogP contribution in [0.3, 0.4) is 0 Å². The fourth-order valence-corrected chi connectivity index (χ4v) is 7.72. The summed E-state index contributed by atoms with van der Waals surface area (Å²) in [7, 11) is -0.900. The van der Waals surface area contributed by atoms with Crippen LogP contribution in [0, 0.1) is 29.1 Å². The van der Waals surface area contributed by atoms with E-state index in [1.165, 1.54) is 13.1 Å². The number of amides is 4. The van der Waals surface area contributed by atoms with E-state index in [1.807, 2.05) is 18.2 Å². The topological polar surface area (TPSA) is 166 Å². The summed E-state index contributed by atoms with van der Waals surface area (Å²) < 4.78 is 32.2. The molecule has 4 amide bonds. The molecule has 0 bridgehead atoms. The molecule has 1 aliphatic heterocycles. The second kappa shape index (κ2) is 12.0. The van der Waals surface area contributed by atoms with Crippen LogP contribution in [-0.2, 0) is 29.1 Å². The number of nitrogens with one attached hydrogen (secondary N) is 2. The van der Waals surface area contributed by atoms with Gasteiger partial charge in [-0.05, 0) is 69.6 Å². The number of allylic oxidation sites excluding steroid dienone is 1. The first kappa shape index (κ1) is 30.5. The first-order valence-electron chi connectivity index (χ1n) is 14.7. The third kappa shape index (κ3) is 6.39. The number of fused-ring (bicyclic) bond motifs is 2. The largest absolute Gasteiger partial charge is 0.446 e. The van der Waals surface area contributed by atoms with E-state index < -0.39 is 56.7 Å². The molecule has 2 N–H and O–H groups in total. The zero-order valence-corrected chi connectivity index (χ0v) is 25.1. The summed E-state index contributed by atoms with van der Waals surface area (Å²) in [4.78, 5) is 55.4. The minimum absolute atomic E-state index is 0.0583. The SMILES string of the molecule is CN1CCCC/C=C\[C@@H]2C[C@@]2(C(=O)N(C)S(=O)(=O)C2CC2)NC(=O)[C@@H]2C[C@@H](OC(=O)Nc3cccc(C#N)c3)C[C@H]2C1=O. The molecule has 4 aliphatic rings. The molecule has 5 rings (SSSR count). The lowest BCUT2D eigenvalue weighted by Crippen LogP contribution is -2.54. The molecular weight excluding hydrogens is 574 g/mol. The minimum Gasteiger partial charge on any atom is -0.446 e. The van der Waals surface area contributed by atoms with E-state index in [0.29, 0.717) is 30.6 Å². The summed E-state index contributed by atoms with van der Waals surface area (Å²) in [6.07, 6.45) is 6.01. The number of hydrogen-bond acceptors (Lipinski definition) is 8. The molecule has 0 radical (unpaired) electrons. The molecule has 230 valence electrons. The minimum atomic E-state index is -3.83. The van der Waals surface area contributed by atoms with Crippen molar-refractivity contribution in [2.24, 2.45) is 17.8 Å². The van der Waals surface area contributed by atoms with Crippen molar-refractivity contribution in [1.29, 1.82) is 5.26 Å². The quantitative estimate of drug-likeness (QED) is 0.479. The van der Waals surface area contributed by atoms with E-state index in [9.17, 15) is 27.6 Å². The summed E-state index contributed by atoms with van der Waals surface area (Å²) in [5.74, 6) is -3.53. The molecule has 0 unspecified atom stereocenters. The second-order valence-corrected chi connectivity index (χ2v) is 14.2. The van der Waals surface area contributed by atoms with Crippen LogP contribution in [0.15, 0.2) is 36.4 Å². The zero-order chi connectivity index (χ0) is 30.9. The summed E-state index contributed by atoms with van der Waals surface area (Å²) >= 11 is 0. The van der Waals surface area contributed by atoms with Gasteiger partial charge in [0.25, 0.3) is 5.91 Å². The second-order valence-electron chi connectivity index (χ2n) is 12.0. The molecule has 0 saturated heterocycles. The zero-order valence-electron chi connectivity index (χ0n) is 24.3. The molecular formula is C30H37N5O7S. The van der Waals surface area contributed by atoms with Crippen LogP contribution < -0.4 is 10.6 Å². The Morgan fingerprint density at radius 1 is 1.19 bits per heavy atom. The number of anilines is 1. The standard InChI is InChI=1S/C30H37N5O7S/c1-34-13-6-4-3-5-9-20-17-30(20,28(38)35(2)43(40,41)23-11-12-23)33-26(36)24-15-22(16-25(24)27(34)37)42-29(39)32-21-10-7-8-19(14-21)18-31/h5,7-10,14,20,22-25H,3-4,6,11-13,15-17H2,1-2H3,(H,32,39)(H,33,36)/b9-5-/t20-,22-,24-,25-,30-/m1/s1. The Bertz CT molecular complexity index is 1480. The van der Waals surface area contributed by atoms with Gasteiger partial charge in [-0.1, -0.05) is 18.2 Å². The van der Waals surface area contributed by atoms with Crippen molar-refractivity contribution in [2.75, 3.05) is 26.0 Å². The molecule has 3 aliphatic carbocycles. The number of carbonyl (C=O) groups is 4. The monoisotopic (exact) mass is 611 g/mol. The van der Waals surface area contributed by atoms with Gasteiger partial charge in [-0.15, -0.1) is 0 Å². The van der Waals surface area contributed by atoms with Gasteiger partial charge in [0.15, 0.2) is 0 Å². The fraction of sp³-hybridized carbons (Fsp3) is 0.567. The highest BCUT2D eigenvalue weighted by atomic mass is 32.2. The molecule has 5 atom stereocenters. The molecule has 1 aromatic carbocycles. The van der Waals surface area contributed by atoms with Crippen molar-refractivity contribution < 1.29 is 32.3 Å². The number of nitrogens with zero attached hydrogens (tertiary/aromatic N) is 3. The van der Waals surface area contributed by atoms with Crippen molar-refractivity contribution in [1.82, 2.24) is 14.5 Å². The van der Waals surface area contributed by atoms with Gasteiger partial charge < -0.3 is 15.0 Å². The summed E-state index contributed by atoms with van der Waals surface area (Å²) in [6.45, 7) is 0.508. The van der Waals surface area contributed by atoms with Crippen LogP contribution in [0.4, 0.5) is 10.5 Å². The van der Waals surface area contributed by atoms with Gasteiger partial charge in [0, 0.05) is 32.2 Å². The number of nitriles is 1. The normalized spacial score (nSPS) is 30.0. The average molecular weight is 612 g/mol. The van der Waals surface area contributed by atoms with Crippen molar-refractivity contribution in [2.45, 2.75) is 68.3 Å². The number of likely N-dealkylation sites (N-methyl/N-ethyl adjacent to an activating group) is 1. The number of benzene rings is 1. The van der Waals surface area contributed by atoms with E-state index >= 15 is 0 Å². The highest BCUT2D eigenvalue weighted by Crippen LogP contribution is 2.48. The van der Waals surface area contributed by atoms with Crippen molar-refractivity contribution in [3.05, 3.63) is 42.0 Å². The third-order valence-electron chi connectivity index (χ3n) is 8.90. The summed E-state index contributed by atoms with van der Waals surface area (Å²) in [5, 5.41) is 14.0. The molecule has 0 aromatic heterocycles. The number of ether oxygens (including phenoxy) is 1. The van der Waals surface area contributed by atoms with Gasteiger partial charge in [-0.3, -0.25) is 19.7 Å². The van der Waals surface area contributed by atoms with E-state index in [0.717, 1.165) is 23.6 Å². The lowest BCUT2D eigenvalue weighted by molar-refractivity contribution is -0.141. The van der Waals surface area contributed by atoms with Crippen LogP contribution in [0.1, 0.15) is 56.9 Å². The maximum Gasteiger partial charge on any atom is 0.411 e. The van der Waals surface area contributed by atoms with E-state index in [1.54, 1.807) is 30.1 Å². The predicted molar refractivity (Wildman–Crippen MR) is 156 cm³/mol. The molecule has 0 spiro atoms. The van der Waals surface area contributed by atoms with Crippen LogP contribution in [0.2, 0.25) is 0 Å². The Morgan fingerprint density at radius 2 is 1.93 bits per heavy atom. The van der Waals surface area contributed by atoms with Crippen molar-refractivity contribution in [3.63, 3.8) is 0 Å². The molecule has 1 aromatic rings. The van der Waals surface area contributed by atoms with Crippen molar-refractivity contribution >= 4 is 39.5 Å². The Morgan fingerprint density at radius 3 is 2.65 bits per heavy atom. The number of rotatable bonds is 5. The van der Waals surface area contributed by atoms with Crippen LogP contribution in [0.5, 0.6) is 0 Å². The van der Waals surface area contributed by atoms with E-state index in [-0.39, 0.29) is 31.1 Å². The van der Waals surface area contributed by atoms with Gasteiger partial charge >= 0.3 is 6.09 Å². The van der Waals surface area contributed by atoms with Crippen LogP contribution in [-0.4, -0.2) is 79.0 Å². The molecule has 43 heavy (non-hydrogen) atoms. The smallest absolute Gasteiger partial charge is 0.411 e. The number of hydrogen-bond donors (Lipinski definition) is 2. The first-order valence-corrected chi connectivity index (χ1v) is 16.2. The first-order chi connectivity index (χ1) is 20.5. The molecule has 13 heteroatoms. The Hall–Kier alpha value is -3.92. The number of carbonyl (C=O) groups excluding carboxylic acids is 4. The van der Waals surface area contributed by atoms with Gasteiger partial charge in [0.2, 0.25) is 21.8 Å². The van der Waals surface area contributed by atoms with Crippen LogP contribution >= 0.6 is 0 Å². The van der Waals surface area contributed by atoms with Crippen LogP contribution in [0.25, 0.3) is 0 Å². The lowest BCUT2D eigenvalue weighted by Gasteiger charge is -2.28. The predicted octanol–water partition coefficient (Wildman–Crippen LogP) is 2.53. The highest BCUT2D eigenvalue weighted by Gasteiger charge is 2.63. The molecule has 3 fully saturated rings. The molecule has 12 nitrogen and oxygen atoms in total. The lowest BCUT2D eigenvalue weighted by atomic mass is 9.93. The van der Waals surface area contributed by atoms with Crippen molar-refractivity contribution in [3.8, 4) is 6.07 Å². The highest BCUT2D eigenvalue weighted by molar-refractivity contribution is 7.90. The average Bonchev–Trinajstić information content (AvgIpc) is 3.90. The third-order valence-corrected chi connectivity index (χ3v) is 11.1. The maximum atomic E-state index is 13.9. The Balaban J connectivity index is 1.36. The van der Waals surface area contributed by atoms with E-state index in [4.69, 9.17) is 10.00 Å². The van der Waals surface area contributed by atoms with Gasteiger partial charge in [-0.25, -0.2) is 17.5 Å².